The van der Waals surface area contributed by atoms with Gasteiger partial charge in [-0.1, -0.05) is 0 Å². The topological polar surface area (TPSA) is 60.0 Å². The molecule has 0 aliphatic carbocycles. The maximum atomic E-state index is 9.51. The summed E-state index contributed by atoms with van der Waals surface area (Å²) in [4.78, 5) is 0. The van der Waals surface area contributed by atoms with Crippen LogP contribution in [-0.2, 0) is 14.2 Å². The zero-order valence-electron chi connectivity index (χ0n) is 9.98. The van der Waals surface area contributed by atoms with Gasteiger partial charge in [-0.3, -0.25) is 0 Å². The Morgan fingerprint density at radius 1 is 1.31 bits per heavy atom. The molecule has 1 saturated heterocycles. The van der Waals surface area contributed by atoms with Crippen LogP contribution < -0.4 is 5.32 Å². The highest BCUT2D eigenvalue weighted by atomic mass is 16.5. The first kappa shape index (κ1) is 13.9. The maximum absolute atomic E-state index is 9.51. The number of hydrogen-bond acceptors (Lipinski definition) is 5. The van der Waals surface area contributed by atoms with Crippen molar-refractivity contribution < 1.29 is 19.3 Å². The Balaban J connectivity index is 1.87. The van der Waals surface area contributed by atoms with Gasteiger partial charge in [0.2, 0.25) is 0 Å². The van der Waals surface area contributed by atoms with Crippen LogP contribution in [-0.4, -0.2) is 63.9 Å². The van der Waals surface area contributed by atoms with Gasteiger partial charge in [0.15, 0.2) is 0 Å². The number of nitrogens with one attached hydrogen (secondary N) is 1. The monoisotopic (exact) mass is 233 g/mol. The molecular formula is C11H23NO4. The molecule has 0 aromatic heterocycles. The molecule has 16 heavy (non-hydrogen) atoms. The Morgan fingerprint density at radius 3 is 2.81 bits per heavy atom. The molecule has 0 saturated carbocycles. The lowest BCUT2D eigenvalue weighted by atomic mass is 10.2. The minimum absolute atomic E-state index is 0.307. The van der Waals surface area contributed by atoms with Crippen LogP contribution in [0.2, 0.25) is 0 Å². The van der Waals surface area contributed by atoms with Gasteiger partial charge in [0.1, 0.15) is 6.10 Å². The van der Waals surface area contributed by atoms with Crippen LogP contribution in [0.5, 0.6) is 0 Å². The van der Waals surface area contributed by atoms with E-state index in [2.05, 4.69) is 5.32 Å². The van der Waals surface area contributed by atoms with Crippen molar-refractivity contribution in [3.63, 3.8) is 0 Å². The third kappa shape index (κ3) is 6.40. The summed E-state index contributed by atoms with van der Waals surface area (Å²) in [5, 5.41) is 12.8. The van der Waals surface area contributed by atoms with E-state index in [0.29, 0.717) is 39.1 Å². The van der Waals surface area contributed by atoms with Gasteiger partial charge in [-0.05, 0) is 19.4 Å². The van der Waals surface area contributed by atoms with Crippen LogP contribution in [0, 0.1) is 0 Å². The summed E-state index contributed by atoms with van der Waals surface area (Å²) >= 11 is 0. The Labute approximate surface area is 97.1 Å². The molecule has 0 aromatic rings. The highest BCUT2D eigenvalue weighted by molar-refractivity contribution is 4.73. The number of rotatable bonds is 9. The molecule has 2 atom stereocenters. The second-order valence-corrected chi connectivity index (χ2v) is 4.05. The van der Waals surface area contributed by atoms with E-state index in [1.807, 2.05) is 0 Å². The second kappa shape index (κ2) is 8.90. The third-order valence-electron chi connectivity index (χ3n) is 2.53. The molecule has 0 radical (unpaired) electrons. The number of aliphatic hydroxyl groups is 1. The zero-order chi connectivity index (χ0) is 11.6. The van der Waals surface area contributed by atoms with E-state index in [1.54, 1.807) is 7.11 Å². The van der Waals surface area contributed by atoms with Crippen molar-refractivity contribution in [2.24, 2.45) is 0 Å². The first-order valence-electron chi connectivity index (χ1n) is 5.89. The van der Waals surface area contributed by atoms with E-state index in [9.17, 15) is 5.11 Å². The molecule has 5 nitrogen and oxygen atoms in total. The largest absolute Gasteiger partial charge is 0.388 e. The highest BCUT2D eigenvalue weighted by Crippen LogP contribution is 2.04. The first-order valence-corrected chi connectivity index (χ1v) is 5.89. The summed E-state index contributed by atoms with van der Waals surface area (Å²) in [5.41, 5.74) is 0. The summed E-state index contributed by atoms with van der Waals surface area (Å²) in [6, 6.07) is 0.460. The van der Waals surface area contributed by atoms with Crippen molar-refractivity contribution in [3.8, 4) is 0 Å². The first-order chi connectivity index (χ1) is 7.83. The fraction of sp³-hybridized carbons (Fsp3) is 1.00. The zero-order valence-corrected chi connectivity index (χ0v) is 9.98. The maximum Gasteiger partial charge on any atom is 0.101 e. The lowest BCUT2D eigenvalue weighted by Gasteiger charge is -2.14. The van der Waals surface area contributed by atoms with E-state index in [0.717, 1.165) is 6.54 Å². The smallest absolute Gasteiger partial charge is 0.101 e. The lowest BCUT2D eigenvalue weighted by molar-refractivity contribution is -0.0308. The van der Waals surface area contributed by atoms with Gasteiger partial charge < -0.3 is 24.6 Å². The molecule has 1 fully saturated rings. The van der Waals surface area contributed by atoms with E-state index in [4.69, 9.17) is 14.2 Å². The standard InChI is InChI=1S/C11H23NO4/c1-14-5-6-15-8-11(13)9-16-7-10-3-2-4-12-10/h10-13H,2-9H2,1H3. The third-order valence-corrected chi connectivity index (χ3v) is 2.53. The van der Waals surface area contributed by atoms with Gasteiger partial charge in [-0.15, -0.1) is 0 Å². The van der Waals surface area contributed by atoms with Crippen molar-refractivity contribution in [2.45, 2.75) is 25.0 Å². The molecule has 1 rings (SSSR count). The number of methoxy groups -OCH3 is 1. The SMILES string of the molecule is COCCOCC(O)COCC1CCCN1. The van der Waals surface area contributed by atoms with Crippen LogP contribution in [0.4, 0.5) is 0 Å². The number of hydrogen-bond donors (Lipinski definition) is 2. The van der Waals surface area contributed by atoms with Crippen LogP contribution >= 0.6 is 0 Å². The Hall–Kier alpha value is -0.200. The molecule has 2 N–H and O–H groups in total. The molecule has 2 unspecified atom stereocenters. The molecular weight excluding hydrogens is 210 g/mol. The van der Waals surface area contributed by atoms with Gasteiger partial charge in [-0.2, -0.15) is 0 Å². The van der Waals surface area contributed by atoms with Crippen LogP contribution in [0.25, 0.3) is 0 Å². The minimum Gasteiger partial charge on any atom is -0.388 e. The van der Waals surface area contributed by atoms with Crippen LogP contribution in [0.15, 0.2) is 0 Å². The summed E-state index contributed by atoms with van der Waals surface area (Å²) in [6.45, 7) is 3.47. The molecule has 0 amide bonds. The average Bonchev–Trinajstić information content (AvgIpc) is 2.77. The molecule has 0 bridgehead atoms. The predicted molar refractivity (Wildman–Crippen MR) is 60.5 cm³/mol. The molecule has 0 aromatic carbocycles. The van der Waals surface area contributed by atoms with Gasteiger partial charge in [-0.25, -0.2) is 0 Å². The fourth-order valence-corrected chi connectivity index (χ4v) is 1.66. The van der Waals surface area contributed by atoms with Crippen LogP contribution in [0.1, 0.15) is 12.8 Å². The van der Waals surface area contributed by atoms with Gasteiger partial charge in [0, 0.05) is 13.2 Å². The normalized spacial score (nSPS) is 22.5. The Morgan fingerprint density at radius 2 is 2.12 bits per heavy atom. The van der Waals surface area contributed by atoms with E-state index < -0.39 is 6.10 Å². The minimum atomic E-state index is -0.543. The van der Waals surface area contributed by atoms with E-state index in [-0.39, 0.29) is 0 Å². The Bertz CT molecular complexity index is 162. The molecule has 96 valence electrons. The number of ether oxygens (including phenoxy) is 3. The van der Waals surface area contributed by atoms with E-state index >= 15 is 0 Å². The Kier molecular flexibility index (Phi) is 7.71. The molecule has 0 spiro atoms. The summed E-state index contributed by atoms with van der Waals surface area (Å²) in [5.74, 6) is 0. The van der Waals surface area contributed by atoms with Crippen molar-refractivity contribution in [1.82, 2.24) is 5.32 Å². The van der Waals surface area contributed by atoms with E-state index in [1.165, 1.54) is 12.8 Å². The second-order valence-electron chi connectivity index (χ2n) is 4.05. The molecule has 1 aliphatic rings. The molecule has 1 heterocycles. The predicted octanol–water partition coefficient (Wildman–Crippen LogP) is -0.221. The molecule has 5 heteroatoms. The fourth-order valence-electron chi connectivity index (χ4n) is 1.66. The summed E-state index contributed by atoms with van der Waals surface area (Å²) < 4.78 is 15.4. The number of aliphatic hydroxyl groups excluding tert-OH is 1. The average molecular weight is 233 g/mol. The van der Waals surface area contributed by atoms with Crippen molar-refractivity contribution in [2.75, 3.05) is 46.7 Å². The van der Waals surface area contributed by atoms with Gasteiger partial charge in [0.05, 0.1) is 33.0 Å². The van der Waals surface area contributed by atoms with Crippen LogP contribution in [0.3, 0.4) is 0 Å². The van der Waals surface area contributed by atoms with Crippen molar-refractivity contribution >= 4 is 0 Å². The van der Waals surface area contributed by atoms with Crippen molar-refractivity contribution in [3.05, 3.63) is 0 Å². The summed E-state index contributed by atoms with van der Waals surface area (Å²) in [7, 11) is 1.62. The van der Waals surface area contributed by atoms with Gasteiger partial charge >= 0.3 is 0 Å². The van der Waals surface area contributed by atoms with Gasteiger partial charge in [0.25, 0.3) is 0 Å². The van der Waals surface area contributed by atoms with Crippen molar-refractivity contribution in [1.29, 1.82) is 0 Å². The lowest BCUT2D eigenvalue weighted by Crippen LogP contribution is -2.30. The quantitative estimate of drug-likeness (QED) is 0.539. The highest BCUT2D eigenvalue weighted by Gasteiger charge is 2.14. The summed E-state index contributed by atoms with van der Waals surface area (Å²) in [6.07, 6.45) is 1.84. The molecule has 1 aliphatic heterocycles.